The van der Waals surface area contributed by atoms with Crippen LogP contribution in [0.4, 0.5) is 17.6 Å². The number of hydrogen-bond donors (Lipinski definition) is 0. The lowest BCUT2D eigenvalue weighted by Crippen LogP contribution is -2.37. The fraction of sp³-hybridized carbons (Fsp3) is 0.455. The summed E-state index contributed by atoms with van der Waals surface area (Å²) >= 11 is 0. The second kappa shape index (κ2) is 3.51. The molecule has 0 heterocycles. The van der Waals surface area contributed by atoms with Gasteiger partial charge in [0.2, 0.25) is 0 Å². The predicted molar refractivity (Wildman–Crippen MR) is 50.2 cm³/mol. The second-order valence-electron chi connectivity index (χ2n) is 4.11. The first-order chi connectivity index (χ1) is 6.66. The summed E-state index contributed by atoms with van der Waals surface area (Å²) in [7, 11) is 0. The number of aryl methyl sites for hydroxylation is 1. The first kappa shape index (κ1) is 12.0. The Balaban J connectivity index is 3.32. The maximum Gasteiger partial charge on any atom is 0.398 e. The third-order valence-corrected chi connectivity index (χ3v) is 2.50. The van der Waals surface area contributed by atoms with Gasteiger partial charge in [0.15, 0.2) is 0 Å². The van der Waals surface area contributed by atoms with Crippen LogP contribution in [-0.4, -0.2) is 6.18 Å². The van der Waals surface area contributed by atoms with E-state index in [0.29, 0.717) is 5.56 Å². The molecule has 84 valence electrons. The van der Waals surface area contributed by atoms with E-state index in [4.69, 9.17) is 0 Å². The maximum atomic E-state index is 13.3. The van der Waals surface area contributed by atoms with E-state index >= 15 is 0 Å². The van der Waals surface area contributed by atoms with Gasteiger partial charge in [0.1, 0.15) is 5.82 Å². The van der Waals surface area contributed by atoms with Crippen molar-refractivity contribution >= 4 is 0 Å². The standard InChI is InChI=1S/C11H12F4/c1-7-4-5-9(12)8(6-7)10(2,3)11(13,14)15/h4-6H,1-3H3. The molecule has 0 N–H and O–H groups in total. The van der Waals surface area contributed by atoms with Crippen LogP contribution in [0.15, 0.2) is 18.2 Å². The van der Waals surface area contributed by atoms with Gasteiger partial charge in [-0.05, 0) is 26.8 Å². The number of alkyl halides is 3. The minimum absolute atomic E-state index is 0.310. The molecule has 0 aliphatic rings. The molecule has 0 fully saturated rings. The molecule has 0 radical (unpaired) electrons. The molecule has 0 aliphatic heterocycles. The van der Waals surface area contributed by atoms with E-state index in [9.17, 15) is 17.6 Å². The summed E-state index contributed by atoms with van der Waals surface area (Å²) in [6.07, 6.45) is -4.46. The Morgan fingerprint density at radius 3 is 2.07 bits per heavy atom. The van der Waals surface area contributed by atoms with Gasteiger partial charge >= 0.3 is 6.18 Å². The first-order valence-electron chi connectivity index (χ1n) is 4.49. The van der Waals surface area contributed by atoms with Crippen molar-refractivity contribution in [3.8, 4) is 0 Å². The fourth-order valence-corrected chi connectivity index (χ4v) is 1.27. The Hall–Kier alpha value is -1.06. The summed E-state index contributed by atoms with van der Waals surface area (Å²) < 4.78 is 51.3. The molecule has 0 atom stereocenters. The average molecular weight is 220 g/mol. The van der Waals surface area contributed by atoms with E-state index in [1.165, 1.54) is 12.1 Å². The molecule has 0 aliphatic carbocycles. The summed E-state index contributed by atoms with van der Waals surface area (Å²) in [6.45, 7) is 3.59. The molecule has 1 rings (SSSR count). The van der Waals surface area contributed by atoms with Crippen molar-refractivity contribution in [3.63, 3.8) is 0 Å². The molecular formula is C11H12F4. The SMILES string of the molecule is Cc1ccc(F)c(C(C)(C)C(F)(F)F)c1. The van der Waals surface area contributed by atoms with Crippen molar-refractivity contribution in [3.05, 3.63) is 35.1 Å². The smallest absolute Gasteiger partial charge is 0.207 e. The minimum atomic E-state index is -4.46. The van der Waals surface area contributed by atoms with Crippen LogP contribution in [0.2, 0.25) is 0 Å². The van der Waals surface area contributed by atoms with Crippen LogP contribution in [0.3, 0.4) is 0 Å². The molecule has 1 aromatic rings. The van der Waals surface area contributed by atoms with Crippen LogP contribution < -0.4 is 0 Å². The van der Waals surface area contributed by atoms with Crippen LogP contribution in [0.5, 0.6) is 0 Å². The summed E-state index contributed by atoms with van der Waals surface area (Å²) in [4.78, 5) is 0. The molecular weight excluding hydrogens is 208 g/mol. The van der Waals surface area contributed by atoms with E-state index < -0.39 is 17.4 Å². The predicted octanol–water partition coefficient (Wildman–Crippen LogP) is 3.97. The number of benzene rings is 1. The van der Waals surface area contributed by atoms with Crippen LogP contribution in [-0.2, 0) is 5.41 Å². The molecule has 0 saturated carbocycles. The van der Waals surface area contributed by atoms with Crippen molar-refractivity contribution in [1.29, 1.82) is 0 Å². The molecule has 0 saturated heterocycles. The Kier molecular flexibility index (Phi) is 2.81. The number of rotatable bonds is 1. The zero-order valence-electron chi connectivity index (χ0n) is 8.74. The Bertz CT molecular complexity index is 363. The normalized spacial score (nSPS) is 13.0. The van der Waals surface area contributed by atoms with Crippen molar-refractivity contribution in [2.45, 2.75) is 32.4 Å². The van der Waals surface area contributed by atoms with Crippen molar-refractivity contribution in [2.75, 3.05) is 0 Å². The van der Waals surface area contributed by atoms with Gasteiger partial charge in [0, 0.05) is 5.56 Å². The largest absolute Gasteiger partial charge is 0.398 e. The molecule has 0 nitrogen and oxygen atoms in total. The summed E-state index contributed by atoms with van der Waals surface area (Å²) in [6, 6.07) is 3.76. The lowest BCUT2D eigenvalue weighted by Gasteiger charge is -2.28. The van der Waals surface area contributed by atoms with Crippen molar-refractivity contribution in [2.24, 2.45) is 0 Å². The van der Waals surface area contributed by atoms with Gasteiger partial charge in [0.05, 0.1) is 5.41 Å². The molecule has 4 heteroatoms. The van der Waals surface area contributed by atoms with Gasteiger partial charge < -0.3 is 0 Å². The second-order valence-corrected chi connectivity index (χ2v) is 4.11. The summed E-state index contributed by atoms with van der Waals surface area (Å²) in [5.74, 6) is -0.817. The Morgan fingerprint density at radius 2 is 1.60 bits per heavy atom. The number of halogens is 4. The van der Waals surface area contributed by atoms with Crippen molar-refractivity contribution < 1.29 is 17.6 Å². The Labute approximate surface area is 85.9 Å². The molecule has 1 aromatic carbocycles. The van der Waals surface area contributed by atoms with Gasteiger partial charge in [-0.3, -0.25) is 0 Å². The molecule has 0 unspecified atom stereocenters. The van der Waals surface area contributed by atoms with Gasteiger partial charge in [-0.25, -0.2) is 4.39 Å². The topological polar surface area (TPSA) is 0 Å². The highest BCUT2D eigenvalue weighted by Gasteiger charge is 2.49. The zero-order chi connectivity index (χ0) is 11.9. The molecule has 15 heavy (non-hydrogen) atoms. The quantitative estimate of drug-likeness (QED) is 0.628. The molecule has 0 aromatic heterocycles. The Morgan fingerprint density at radius 1 is 1.07 bits per heavy atom. The van der Waals surface area contributed by atoms with Crippen LogP contribution in [0.1, 0.15) is 25.0 Å². The third-order valence-electron chi connectivity index (χ3n) is 2.50. The lowest BCUT2D eigenvalue weighted by molar-refractivity contribution is -0.180. The third kappa shape index (κ3) is 2.13. The monoisotopic (exact) mass is 220 g/mol. The van der Waals surface area contributed by atoms with E-state index in [-0.39, 0.29) is 5.56 Å². The highest BCUT2D eigenvalue weighted by Crippen LogP contribution is 2.41. The van der Waals surface area contributed by atoms with Crippen LogP contribution in [0.25, 0.3) is 0 Å². The van der Waals surface area contributed by atoms with E-state index in [0.717, 1.165) is 19.9 Å². The molecule has 0 spiro atoms. The van der Waals surface area contributed by atoms with E-state index in [2.05, 4.69) is 0 Å². The van der Waals surface area contributed by atoms with Crippen molar-refractivity contribution in [1.82, 2.24) is 0 Å². The summed E-state index contributed by atoms with van der Waals surface area (Å²) in [5.41, 5.74) is -1.86. The van der Waals surface area contributed by atoms with Crippen LogP contribution >= 0.6 is 0 Å². The lowest BCUT2D eigenvalue weighted by atomic mass is 9.83. The van der Waals surface area contributed by atoms with Crippen LogP contribution in [0, 0.1) is 12.7 Å². The molecule has 0 amide bonds. The first-order valence-corrected chi connectivity index (χ1v) is 4.49. The zero-order valence-corrected chi connectivity index (χ0v) is 8.74. The fourth-order valence-electron chi connectivity index (χ4n) is 1.27. The minimum Gasteiger partial charge on any atom is -0.207 e. The van der Waals surface area contributed by atoms with Gasteiger partial charge in [-0.1, -0.05) is 17.7 Å². The van der Waals surface area contributed by atoms with Gasteiger partial charge in [0.25, 0.3) is 0 Å². The number of hydrogen-bond acceptors (Lipinski definition) is 0. The van der Waals surface area contributed by atoms with E-state index in [1.807, 2.05) is 0 Å². The van der Waals surface area contributed by atoms with Gasteiger partial charge in [-0.2, -0.15) is 13.2 Å². The maximum absolute atomic E-state index is 13.3. The average Bonchev–Trinajstić information content (AvgIpc) is 2.07. The highest BCUT2D eigenvalue weighted by atomic mass is 19.4. The highest BCUT2D eigenvalue weighted by molar-refractivity contribution is 5.31. The molecule has 0 bridgehead atoms. The van der Waals surface area contributed by atoms with Gasteiger partial charge in [-0.15, -0.1) is 0 Å². The summed E-state index contributed by atoms with van der Waals surface area (Å²) in [5, 5.41) is 0. The van der Waals surface area contributed by atoms with E-state index in [1.54, 1.807) is 6.92 Å².